The van der Waals surface area contributed by atoms with Crippen molar-refractivity contribution >= 4 is 22.1 Å². The first-order chi connectivity index (χ1) is 9.85. The standard InChI is InChI=1S/C15H24N4S/c1-3-5-8-18(12-6-7-12)14-13(11-16-4-2)19-9-10-20-15(19)17-14/h9-10,12,16H,3-8,11H2,1-2H3. The number of hydrogen-bond donors (Lipinski definition) is 1. The largest absolute Gasteiger partial charge is 0.352 e. The number of nitrogens with zero attached hydrogens (tertiary/aromatic N) is 3. The van der Waals surface area contributed by atoms with Crippen molar-refractivity contribution in [2.75, 3.05) is 18.0 Å². The zero-order valence-electron chi connectivity index (χ0n) is 12.4. The van der Waals surface area contributed by atoms with Gasteiger partial charge >= 0.3 is 0 Å². The van der Waals surface area contributed by atoms with Gasteiger partial charge in [0.1, 0.15) is 0 Å². The molecule has 0 aliphatic heterocycles. The van der Waals surface area contributed by atoms with Gasteiger partial charge in [-0.15, -0.1) is 11.3 Å². The number of thiazole rings is 1. The van der Waals surface area contributed by atoms with Crippen molar-refractivity contribution in [3.8, 4) is 0 Å². The molecule has 0 unspecified atom stereocenters. The lowest BCUT2D eigenvalue weighted by Crippen LogP contribution is -2.29. The van der Waals surface area contributed by atoms with Crippen LogP contribution in [0.4, 0.5) is 5.82 Å². The molecule has 2 aromatic rings. The van der Waals surface area contributed by atoms with Crippen LogP contribution in [0.5, 0.6) is 0 Å². The van der Waals surface area contributed by atoms with E-state index in [0.29, 0.717) is 0 Å². The van der Waals surface area contributed by atoms with Crippen molar-refractivity contribution in [3.05, 3.63) is 17.3 Å². The van der Waals surface area contributed by atoms with E-state index in [-0.39, 0.29) is 0 Å². The quantitative estimate of drug-likeness (QED) is 0.810. The number of unbranched alkanes of at least 4 members (excludes halogenated alkanes) is 1. The molecule has 2 heterocycles. The molecule has 0 saturated heterocycles. The van der Waals surface area contributed by atoms with Crippen LogP contribution in [0.2, 0.25) is 0 Å². The first-order valence-corrected chi connectivity index (χ1v) is 8.64. The molecule has 0 aromatic carbocycles. The van der Waals surface area contributed by atoms with Crippen molar-refractivity contribution in [3.63, 3.8) is 0 Å². The first-order valence-electron chi connectivity index (χ1n) is 7.77. The number of imidazole rings is 1. The van der Waals surface area contributed by atoms with Crippen LogP contribution in [0.3, 0.4) is 0 Å². The van der Waals surface area contributed by atoms with Crippen molar-refractivity contribution in [1.29, 1.82) is 0 Å². The predicted octanol–water partition coefficient (Wildman–Crippen LogP) is 3.27. The van der Waals surface area contributed by atoms with Gasteiger partial charge in [0.15, 0.2) is 10.8 Å². The van der Waals surface area contributed by atoms with Crippen LogP contribution in [-0.4, -0.2) is 28.5 Å². The zero-order valence-corrected chi connectivity index (χ0v) is 13.2. The van der Waals surface area contributed by atoms with Gasteiger partial charge in [-0.25, -0.2) is 4.98 Å². The number of anilines is 1. The minimum absolute atomic E-state index is 0.728. The average Bonchev–Trinajstić information content (AvgIpc) is 3.08. The van der Waals surface area contributed by atoms with Gasteiger partial charge < -0.3 is 10.2 Å². The highest BCUT2D eigenvalue weighted by atomic mass is 32.1. The Morgan fingerprint density at radius 1 is 1.45 bits per heavy atom. The molecular formula is C15H24N4S. The molecule has 1 saturated carbocycles. The van der Waals surface area contributed by atoms with Gasteiger partial charge in [0.25, 0.3) is 0 Å². The predicted molar refractivity (Wildman–Crippen MR) is 85.7 cm³/mol. The maximum atomic E-state index is 4.91. The fourth-order valence-corrected chi connectivity index (χ4v) is 3.36. The summed E-state index contributed by atoms with van der Waals surface area (Å²) in [7, 11) is 0. The summed E-state index contributed by atoms with van der Waals surface area (Å²) in [5.74, 6) is 1.22. The molecule has 4 nitrogen and oxygen atoms in total. The maximum Gasteiger partial charge on any atom is 0.195 e. The number of rotatable bonds is 8. The lowest BCUT2D eigenvalue weighted by atomic mass is 10.3. The van der Waals surface area contributed by atoms with Gasteiger partial charge in [0.2, 0.25) is 0 Å². The summed E-state index contributed by atoms with van der Waals surface area (Å²) < 4.78 is 2.25. The molecule has 1 fully saturated rings. The van der Waals surface area contributed by atoms with E-state index in [2.05, 4.69) is 40.0 Å². The topological polar surface area (TPSA) is 32.6 Å². The minimum Gasteiger partial charge on any atom is -0.352 e. The Morgan fingerprint density at radius 3 is 3.00 bits per heavy atom. The number of nitrogens with one attached hydrogen (secondary N) is 1. The van der Waals surface area contributed by atoms with E-state index >= 15 is 0 Å². The Labute approximate surface area is 124 Å². The number of fused-ring (bicyclic) bond motifs is 1. The molecule has 20 heavy (non-hydrogen) atoms. The van der Waals surface area contributed by atoms with Crippen LogP contribution >= 0.6 is 11.3 Å². The molecule has 5 heteroatoms. The van der Waals surface area contributed by atoms with Crippen molar-refractivity contribution in [2.24, 2.45) is 0 Å². The van der Waals surface area contributed by atoms with Gasteiger partial charge in [-0.3, -0.25) is 4.40 Å². The number of aromatic nitrogens is 2. The maximum absolute atomic E-state index is 4.91. The first kappa shape index (κ1) is 13.9. The van der Waals surface area contributed by atoms with E-state index in [4.69, 9.17) is 4.98 Å². The molecule has 0 spiro atoms. The van der Waals surface area contributed by atoms with Gasteiger partial charge in [0.05, 0.1) is 5.69 Å². The highest BCUT2D eigenvalue weighted by Crippen LogP contribution is 2.34. The van der Waals surface area contributed by atoms with E-state index in [1.54, 1.807) is 11.3 Å². The Bertz CT molecular complexity index is 555. The molecule has 0 radical (unpaired) electrons. The van der Waals surface area contributed by atoms with Crippen LogP contribution in [0.25, 0.3) is 4.96 Å². The van der Waals surface area contributed by atoms with Crippen LogP contribution < -0.4 is 10.2 Å². The summed E-state index contributed by atoms with van der Waals surface area (Å²) in [6.07, 6.45) is 7.30. The van der Waals surface area contributed by atoms with Crippen molar-refractivity contribution < 1.29 is 0 Å². The Morgan fingerprint density at radius 2 is 2.30 bits per heavy atom. The fourth-order valence-electron chi connectivity index (χ4n) is 2.63. The summed E-state index contributed by atoms with van der Waals surface area (Å²) in [4.78, 5) is 8.58. The Hall–Kier alpha value is -1.07. The van der Waals surface area contributed by atoms with Gasteiger partial charge in [-0.05, 0) is 25.8 Å². The van der Waals surface area contributed by atoms with Crippen molar-refractivity contribution in [2.45, 2.75) is 52.1 Å². The van der Waals surface area contributed by atoms with Crippen LogP contribution in [0.15, 0.2) is 11.6 Å². The van der Waals surface area contributed by atoms with E-state index < -0.39 is 0 Å². The second-order valence-corrected chi connectivity index (χ2v) is 6.37. The van der Waals surface area contributed by atoms with E-state index in [1.807, 2.05) is 0 Å². The van der Waals surface area contributed by atoms with Crippen LogP contribution in [0, 0.1) is 0 Å². The number of hydrogen-bond acceptors (Lipinski definition) is 4. The molecule has 0 atom stereocenters. The summed E-state index contributed by atoms with van der Waals surface area (Å²) in [5, 5.41) is 5.58. The van der Waals surface area contributed by atoms with Gasteiger partial charge in [-0.2, -0.15) is 0 Å². The SMILES string of the molecule is CCCCN(c1nc2sccn2c1CNCC)C1CC1. The minimum atomic E-state index is 0.728. The molecule has 3 rings (SSSR count). The molecule has 1 aliphatic carbocycles. The molecule has 1 aliphatic rings. The third kappa shape index (κ3) is 2.69. The third-order valence-corrected chi connectivity index (χ3v) is 4.65. The molecule has 110 valence electrons. The second-order valence-electron chi connectivity index (χ2n) is 5.50. The molecular weight excluding hydrogens is 268 g/mol. The summed E-state index contributed by atoms with van der Waals surface area (Å²) >= 11 is 1.73. The smallest absolute Gasteiger partial charge is 0.195 e. The second kappa shape index (κ2) is 6.14. The molecule has 2 aromatic heterocycles. The molecule has 0 amide bonds. The normalized spacial score (nSPS) is 15.1. The summed E-state index contributed by atoms with van der Waals surface area (Å²) in [5.41, 5.74) is 1.33. The van der Waals surface area contributed by atoms with Crippen LogP contribution in [0.1, 0.15) is 45.2 Å². The van der Waals surface area contributed by atoms with E-state index in [1.165, 1.54) is 37.2 Å². The van der Waals surface area contributed by atoms with Gasteiger partial charge in [0, 0.05) is 30.7 Å². The molecule has 1 N–H and O–H groups in total. The Balaban J connectivity index is 1.92. The average molecular weight is 292 g/mol. The van der Waals surface area contributed by atoms with E-state index in [0.717, 1.165) is 30.6 Å². The zero-order chi connectivity index (χ0) is 13.9. The monoisotopic (exact) mass is 292 g/mol. The van der Waals surface area contributed by atoms with Crippen LogP contribution in [-0.2, 0) is 6.54 Å². The Kier molecular flexibility index (Phi) is 4.27. The summed E-state index contributed by atoms with van der Waals surface area (Å²) in [6.45, 7) is 7.46. The fraction of sp³-hybridized carbons (Fsp3) is 0.667. The molecule has 0 bridgehead atoms. The highest BCUT2D eigenvalue weighted by Gasteiger charge is 2.32. The summed E-state index contributed by atoms with van der Waals surface area (Å²) in [6, 6.07) is 0.728. The van der Waals surface area contributed by atoms with Crippen molar-refractivity contribution in [1.82, 2.24) is 14.7 Å². The third-order valence-electron chi connectivity index (χ3n) is 3.89. The van der Waals surface area contributed by atoms with E-state index in [9.17, 15) is 0 Å². The highest BCUT2D eigenvalue weighted by molar-refractivity contribution is 7.15. The lowest BCUT2D eigenvalue weighted by molar-refractivity contribution is 0.678. The lowest BCUT2D eigenvalue weighted by Gasteiger charge is -2.23. The van der Waals surface area contributed by atoms with Gasteiger partial charge in [-0.1, -0.05) is 20.3 Å².